The summed E-state index contributed by atoms with van der Waals surface area (Å²) in [6.07, 6.45) is 3.35. The molecule has 3 rings (SSSR count). The van der Waals surface area contributed by atoms with Crippen LogP contribution in [0.2, 0.25) is 0 Å². The van der Waals surface area contributed by atoms with Gasteiger partial charge in [-0.05, 0) is 18.9 Å². The van der Waals surface area contributed by atoms with Gasteiger partial charge in [0.1, 0.15) is 12.4 Å². The van der Waals surface area contributed by atoms with E-state index in [1.165, 1.54) is 6.07 Å². The topological polar surface area (TPSA) is 66.5 Å². The molecular formula is C17H19FN2O3. The lowest BCUT2D eigenvalue weighted by Gasteiger charge is -2.19. The molecule has 23 heavy (non-hydrogen) atoms. The van der Waals surface area contributed by atoms with Crippen LogP contribution in [-0.4, -0.2) is 29.2 Å². The van der Waals surface area contributed by atoms with Gasteiger partial charge in [0.25, 0.3) is 0 Å². The number of imide groups is 1. The number of rotatable bonds is 4. The molecule has 1 aliphatic heterocycles. The quantitative estimate of drug-likeness (QED) is 0.858. The Labute approximate surface area is 133 Å². The number of likely N-dealkylation sites (tertiary alicyclic amines) is 1. The van der Waals surface area contributed by atoms with E-state index in [1.807, 2.05) is 0 Å². The van der Waals surface area contributed by atoms with E-state index in [0.717, 1.165) is 30.6 Å². The number of nitrogens with zero attached hydrogens (tertiary/aromatic N) is 1. The summed E-state index contributed by atoms with van der Waals surface area (Å²) in [5.74, 6) is -1.83. The summed E-state index contributed by atoms with van der Waals surface area (Å²) >= 11 is 0. The Bertz CT molecular complexity index is 622. The van der Waals surface area contributed by atoms with Gasteiger partial charge in [-0.15, -0.1) is 0 Å². The van der Waals surface area contributed by atoms with Gasteiger partial charge in [-0.25, -0.2) is 4.39 Å². The molecule has 1 heterocycles. The molecule has 6 heteroatoms. The second-order valence-electron chi connectivity index (χ2n) is 6.13. The molecule has 1 aromatic rings. The molecule has 1 saturated carbocycles. The average molecular weight is 318 g/mol. The van der Waals surface area contributed by atoms with Gasteiger partial charge in [0, 0.05) is 12.1 Å². The molecule has 2 aliphatic rings. The van der Waals surface area contributed by atoms with E-state index in [-0.39, 0.29) is 36.7 Å². The number of amides is 3. The van der Waals surface area contributed by atoms with Crippen molar-refractivity contribution in [2.24, 2.45) is 11.8 Å². The van der Waals surface area contributed by atoms with Crippen LogP contribution in [0.15, 0.2) is 24.3 Å². The van der Waals surface area contributed by atoms with Crippen LogP contribution in [0.1, 0.15) is 31.2 Å². The number of carbonyl (C=O) groups is 3. The van der Waals surface area contributed by atoms with Crippen molar-refractivity contribution in [1.82, 2.24) is 10.2 Å². The van der Waals surface area contributed by atoms with Crippen molar-refractivity contribution in [1.29, 1.82) is 0 Å². The van der Waals surface area contributed by atoms with Crippen LogP contribution in [0.3, 0.4) is 0 Å². The second-order valence-corrected chi connectivity index (χ2v) is 6.13. The Balaban J connectivity index is 1.58. The summed E-state index contributed by atoms with van der Waals surface area (Å²) in [6, 6.07) is 6.16. The molecule has 2 fully saturated rings. The Morgan fingerprint density at radius 1 is 1.13 bits per heavy atom. The first kappa shape index (κ1) is 15.6. The number of halogens is 1. The molecule has 2 atom stereocenters. The van der Waals surface area contributed by atoms with Crippen LogP contribution in [0.5, 0.6) is 0 Å². The second kappa shape index (κ2) is 6.48. The Morgan fingerprint density at radius 3 is 2.35 bits per heavy atom. The summed E-state index contributed by atoms with van der Waals surface area (Å²) < 4.78 is 13.5. The van der Waals surface area contributed by atoms with Crippen LogP contribution in [0.25, 0.3) is 0 Å². The summed E-state index contributed by atoms with van der Waals surface area (Å²) in [4.78, 5) is 37.6. The first-order chi connectivity index (χ1) is 11.1. The minimum Gasteiger partial charge on any atom is -0.350 e. The Morgan fingerprint density at radius 2 is 1.74 bits per heavy atom. The minimum atomic E-state index is -0.450. The van der Waals surface area contributed by atoms with Gasteiger partial charge in [-0.3, -0.25) is 19.3 Å². The Hall–Kier alpha value is -2.24. The molecule has 2 unspecified atom stereocenters. The number of hydrogen-bond acceptors (Lipinski definition) is 3. The molecule has 1 saturated heterocycles. The fourth-order valence-corrected chi connectivity index (χ4v) is 3.42. The average Bonchev–Trinajstić information content (AvgIpc) is 2.80. The monoisotopic (exact) mass is 318 g/mol. The molecule has 1 aliphatic carbocycles. The van der Waals surface area contributed by atoms with Crippen molar-refractivity contribution in [2.45, 2.75) is 32.2 Å². The Kier molecular flexibility index (Phi) is 4.41. The van der Waals surface area contributed by atoms with E-state index in [9.17, 15) is 18.8 Å². The van der Waals surface area contributed by atoms with Crippen LogP contribution >= 0.6 is 0 Å². The van der Waals surface area contributed by atoms with Gasteiger partial charge in [-0.1, -0.05) is 31.0 Å². The molecule has 0 bridgehead atoms. The van der Waals surface area contributed by atoms with Crippen LogP contribution in [0.4, 0.5) is 4.39 Å². The van der Waals surface area contributed by atoms with Crippen LogP contribution < -0.4 is 5.32 Å². The van der Waals surface area contributed by atoms with Crippen molar-refractivity contribution >= 4 is 17.7 Å². The van der Waals surface area contributed by atoms with E-state index in [2.05, 4.69) is 5.32 Å². The number of nitrogens with one attached hydrogen (secondary N) is 1. The first-order valence-electron chi connectivity index (χ1n) is 7.93. The van der Waals surface area contributed by atoms with E-state index >= 15 is 0 Å². The summed E-state index contributed by atoms with van der Waals surface area (Å²) in [5, 5.41) is 2.56. The summed E-state index contributed by atoms with van der Waals surface area (Å²) in [6.45, 7) is -0.242. The fraction of sp³-hybridized carbons (Fsp3) is 0.471. The SMILES string of the molecule is O=C(CN1C(=O)C2CCCCC2C1=O)NCc1ccccc1F. The predicted molar refractivity (Wildman–Crippen MR) is 80.4 cm³/mol. The third-order valence-electron chi connectivity index (χ3n) is 4.67. The smallest absolute Gasteiger partial charge is 0.240 e. The zero-order valence-corrected chi connectivity index (χ0v) is 12.8. The molecule has 122 valence electrons. The molecule has 0 radical (unpaired) electrons. The molecule has 0 aromatic heterocycles. The van der Waals surface area contributed by atoms with Gasteiger partial charge in [-0.2, -0.15) is 0 Å². The highest BCUT2D eigenvalue weighted by Gasteiger charge is 2.48. The van der Waals surface area contributed by atoms with Crippen LogP contribution in [0, 0.1) is 17.7 Å². The number of hydrogen-bond donors (Lipinski definition) is 1. The lowest BCUT2D eigenvalue weighted by molar-refractivity contribution is -0.143. The van der Waals surface area contributed by atoms with Crippen molar-refractivity contribution in [3.63, 3.8) is 0 Å². The van der Waals surface area contributed by atoms with E-state index in [4.69, 9.17) is 0 Å². The van der Waals surface area contributed by atoms with Crippen molar-refractivity contribution in [3.05, 3.63) is 35.6 Å². The van der Waals surface area contributed by atoms with Crippen LogP contribution in [-0.2, 0) is 20.9 Å². The van der Waals surface area contributed by atoms with Gasteiger partial charge in [0.05, 0.1) is 11.8 Å². The third-order valence-corrected chi connectivity index (χ3v) is 4.67. The van der Waals surface area contributed by atoms with Gasteiger partial charge >= 0.3 is 0 Å². The van der Waals surface area contributed by atoms with Gasteiger partial charge < -0.3 is 5.32 Å². The highest BCUT2D eigenvalue weighted by molar-refractivity contribution is 6.07. The van der Waals surface area contributed by atoms with E-state index in [1.54, 1.807) is 18.2 Å². The highest BCUT2D eigenvalue weighted by Crippen LogP contribution is 2.37. The summed E-state index contributed by atoms with van der Waals surface area (Å²) in [7, 11) is 0. The highest BCUT2D eigenvalue weighted by atomic mass is 19.1. The fourth-order valence-electron chi connectivity index (χ4n) is 3.42. The lowest BCUT2D eigenvalue weighted by Crippen LogP contribution is -2.40. The summed E-state index contributed by atoms with van der Waals surface area (Å²) in [5.41, 5.74) is 0.369. The minimum absolute atomic E-state index is 0.0363. The van der Waals surface area contributed by atoms with Gasteiger partial charge in [0.15, 0.2) is 0 Å². The molecule has 5 nitrogen and oxygen atoms in total. The largest absolute Gasteiger partial charge is 0.350 e. The van der Waals surface area contributed by atoms with Gasteiger partial charge in [0.2, 0.25) is 17.7 Å². The number of fused-ring (bicyclic) bond motifs is 1. The number of carbonyl (C=O) groups excluding carboxylic acids is 3. The molecule has 0 spiro atoms. The normalized spacial score (nSPS) is 23.8. The third kappa shape index (κ3) is 3.11. The van der Waals surface area contributed by atoms with Crippen molar-refractivity contribution in [3.8, 4) is 0 Å². The molecule has 1 N–H and O–H groups in total. The maximum atomic E-state index is 13.5. The molecular weight excluding hydrogens is 299 g/mol. The predicted octanol–water partition coefficient (Wildman–Crippen LogP) is 1.62. The molecule has 1 aromatic carbocycles. The zero-order valence-electron chi connectivity index (χ0n) is 12.8. The van der Waals surface area contributed by atoms with E-state index in [0.29, 0.717) is 5.56 Å². The standard InChI is InChI=1S/C17H19FN2O3/c18-14-8-4-1-5-11(14)9-19-15(21)10-20-16(22)12-6-2-3-7-13(12)17(20)23/h1,4-5,8,12-13H,2-3,6-7,9-10H2,(H,19,21). The first-order valence-corrected chi connectivity index (χ1v) is 7.93. The lowest BCUT2D eigenvalue weighted by atomic mass is 9.81. The number of benzene rings is 1. The van der Waals surface area contributed by atoms with E-state index < -0.39 is 11.7 Å². The maximum Gasteiger partial charge on any atom is 0.240 e. The van der Waals surface area contributed by atoms with Crippen molar-refractivity contribution < 1.29 is 18.8 Å². The maximum absolute atomic E-state index is 13.5. The zero-order chi connectivity index (χ0) is 16.4. The van der Waals surface area contributed by atoms with Crippen molar-refractivity contribution in [2.75, 3.05) is 6.54 Å². The molecule has 3 amide bonds.